The standard InChI is InChI=1S/C23H32/c1-3-5-6-9-21-16-18-23(19-17-21)11-8-7-10-22-14-12-20(4-2)13-15-22/h7,10,16-20,22H,3-6,9,12-15H2,1-2H3. The zero-order valence-electron chi connectivity index (χ0n) is 15.0. The van der Waals surface area contributed by atoms with E-state index in [0.29, 0.717) is 0 Å². The van der Waals surface area contributed by atoms with Gasteiger partial charge >= 0.3 is 0 Å². The Bertz CT molecular complexity index is 515. The molecule has 0 heteroatoms. The summed E-state index contributed by atoms with van der Waals surface area (Å²) in [6.45, 7) is 4.57. The quantitative estimate of drug-likeness (QED) is 0.413. The summed E-state index contributed by atoms with van der Waals surface area (Å²) in [5.74, 6) is 8.21. The van der Waals surface area contributed by atoms with Gasteiger partial charge in [0.1, 0.15) is 0 Å². The Morgan fingerprint density at radius 3 is 2.39 bits per heavy atom. The van der Waals surface area contributed by atoms with Crippen LogP contribution in [0, 0.1) is 23.7 Å². The fourth-order valence-corrected chi connectivity index (χ4v) is 3.43. The van der Waals surface area contributed by atoms with Crippen LogP contribution in [-0.2, 0) is 6.42 Å². The number of hydrogen-bond acceptors (Lipinski definition) is 0. The molecule has 0 amide bonds. The van der Waals surface area contributed by atoms with Crippen LogP contribution in [0.5, 0.6) is 0 Å². The molecule has 0 unspecified atom stereocenters. The van der Waals surface area contributed by atoms with Gasteiger partial charge in [0.2, 0.25) is 0 Å². The third kappa shape index (κ3) is 6.66. The van der Waals surface area contributed by atoms with Crippen molar-refractivity contribution in [2.24, 2.45) is 11.8 Å². The largest absolute Gasteiger partial charge is 0.0730 e. The Labute approximate surface area is 143 Å². The van der Waals surface area contributed by atoms with Crippen LogP contribution in [0.4, 0.5) is 0 Å². The molecular weight excluding hydrogens is 276 g/mol. The van der Waals surface area contributed by atoms with Gasteiger partial charge in [-0.2, -0.15) is 0 Å². The third-order valence-corrected chi connectivity index (χ3v) is 5.16. The van der Waals surface area contributed by atoms with Crippen LogP contribution in [0.2, 0.25) is 0 Å². The average molecular weight is 309 g/mol. The van der Waals surface area contributed by atoms with Gasteiger partial charge < -0.3 is 0 Å². The fourth-order valence-electron chi connectivity index (χ4n) is 3.43. The van der Waals surface area contributed by atoms with E-state index in [4.69, 9.17) is 0 Å². The molecule has 0 atom stereocenters. The van der Waals surface area contributed by atoms with Gasteiger partial charge in [-0.3, -0.25) is 0 Å². The highest BCUT2D eigenvalue weighted by Gasteiger charge is 2.17. The van der Waals surface area contributed by atoms with Crippen LogP contribution in [0.15, 0.2) is 36.4 Å². The maximum atomic E-state index is 3.26. The van der Waals surface area contributed by atoms with E-state index in [1.807, 2.05) is 0 Å². The first kappa shape index (κ1) is 17.9. The SMILES string of the molecule is CCCCCc1ccc(C#CC=CC2CCC(CC)CC2)cc1. The molecule has 0 bridgehead atoms. The molecule has 0 nitrogen and oxygen atoms in total. The number of benzene rings is 1. The summed E-state index contributed by atoms with van der Waals surface area (Å²) in [6.07, 6.45) is 16.4. The van der Waals surface area contributed by atoms with Crippen LogP contribution in [0.3, 0.4) is 0 Å². The van der Waals surface area contributed by atoms with Crippen LogP contribution >= 0.6 is 0 Å². The van der Waals surface area contributed by atoms with Crippen molar-refractivity contribution < 1.29 is 0 Å². The van der Waals surface area contributed by atoms with Crippen molar-refractivity contribution in [3.8, 4) is 11.8 Å². The summed E-state index contributed by atoms with van der Waals surface area (Å²) in [5, 5.41) is 0. The highest BCUT2D eigenvalue weighted by atomic mass is 14.2. The first-order chi connectivity index (χ1) is 11.3. The minimum absolute atomic E-state index is 0.757. The Morgan fingerprint density at radius 2 is 1.74 bits per heavy atom. The van der Waals surface area contributed by atoms with Crippen LogP contribution in [-0.4, -0.2) is 0 Å². The van der Waals surface area contributed by atoms with E-state index >= 15 is 0 Å². The fraction of sp³-hybridized carbons (Fsp3) is 0.565. The molecule has 0 spiro atoms. The van der Waals surface area contributed by atoms with Crippen molar-refractivity contribution in [1.29, 1.82) is 0 Å². The van der Waals surface area contributed by atoms with E-state index in [2.05, 4.69) is 62.1 Å². The highest BCUT2D eigenvalue weighted by Crippen LogP contribution is 2.31. The predicted octanol–water partition coefficient (Wildman–Crippen LogP) is 6.54. The molecule has 0 N–H and O–H groups in total. The zero-order chi connectivity index (χ0) is 16.3. The molecule has 1 aromatic carbocycles. The Hall–Kier alpha value is -1.48. The van der Waals surface area contributed by atoms with Gasteiger partial charge in [0.25, 0.3) is 0 Å². The van der Waals surface area contributed by atoms with Crippen molar-refractivity contribution >= 4 is 0 Å². The first-order valence-electron chi connectivity index (χ1n) is 9.59. The van der Waals surface area contributed by atoms with Crippen molar-refractivity contribution in [2.45, 2.75) is 71.6 Å². The summed E-state index contributed by atoms with van der Waals surface area (Å²) in [6, 6.07) is 8.79. The molecule has 124 valence electrons. The second-order valence-electron chi connectivity index (χ2n) is 6.97. The van der Waals surface area contributed by atoms with Gasteiger partial charge in [0, 0.05) is 5.56 Å². The second-order valence-corrected chi connectivity index (χ2v) is 6.97. The predicted molar refractivity (Wildman–Crippen MR) is 101 cm³/mol. The number of allylic oxidation sites excluding steroid dienone is 2. The molecule has 0 radical (unpaired) electrons. The molecule has 0 aliphatic heterocycles. The maximum Gasteiger partial charge on any atom is 0.0249 e. The van der Waals surface area contributed by atoms with Gasteiger partial charge in [-0.25, -0.2) is 0 Å². The van der Waals surface area contributed by atoms with Crippen molar-refractivity contribution in [2.75, 3.05) is 0 Å². The van der Waals surface area contributed by atoms with Crippen LogP contribution < -0.4 is 0 Å². The number of hydrogen-bond donors (Lipinski definition) is 0. The van der Waals surface area contributed by atoms with Gasteiger partial charge in [0.05, 0.1) is 0 Å². The molecule has 1 aliphatic carbocycles. The normalized spacial score (nSPS) is 21.1. The van der Waals surface area contributed by atoms with E-state index in [-0.39, 0.29) is 0 Å². The smallest absolute Gasteiger partial charge is 0.0249 e. The molecule has 1 aliphatic rings. The molecule has 23 heavy (non-hydrogen) atoms. The lowest BCUT2D eigenvalue weighted by molar-refractivity contribution is 0.304. The molecular formula is C23H32. The lowest BCUT2D eigenvalue weighted by Gasteiger charge is -2.25. The maximum absolute atomic E-state index is 3.26. The lowest BCUT2D eigenvalue weighted by Crippen LogP contribution is -2.11. The molecule has 0 saturated heterocycles. The third-order valence-electron chi connectivity index (χ3n) is 5.16. The minimum atomic E-state index is 0.757. The minimum Gasteiger partial charge on any atom is -0.0730 e. The van der Waals surface area contributed by atoms with Gasteiger partial charge in [-0.1, -0.05) is 63.2 Å². The summed E-state index contributed by atoms with van der Waals surface area (Å²) in [4.78, 5) is 0. The molecule has 1 saturated carbocycles. The van der Waals surface area contributed by atoms with E-state index in [9.17, 15) is 0 Å². The van der Waals surface area contributed by atoms with Crippen LogP contribution in [0.25, 0.3) is 0 Å². The van der Waals surface area contributed by atoms with E-state index in [1.54, 1.807) is 0 Å². The summed E-state index contributed by atoms with van der Waals surface area (Å²) < 4.78 is 0. The Kier molecular flexibility index (Phi) is 8.02. The van der Waals surface area contributed by atoms with Gasteiger partial charge in [-0.05, 0) is 74.1 Å². The second kappa shape index (κ2) is 10.3. The van der Waals surface area contributed by atoms with E-state index in [0.717, 1.165) is 17.4 Å². The lowest BCUT2D eigenvalue weighted by atomic mass is 9.81. The Morgan fingerprint density at radius 1 is 1.00 bits per heavy atom. The summed E-state index contributed by atoms with van der Waals surface area (Å²) >= 11 is 0. The number of aryl methyl sites for hydroxylation is 1. The van der Waals surface area contributed by atoms with E-state index < -0.39 is 0 Å². The molecule has 1 fully saturated rings. The highest BCUT2D eigenvalue weighted by molar-refractivity contribution is 5.38. The topological polar surface area (TPSA) is 0 Å². The van der Waals surface area contributed by atoms with Crippen LogP contribution in [0.1, 0.15) is 76.3 Å². The molecule has 2 rings (SSSR count). The molecule has 0 heterocycles. The zero-order valence-corrected chi connectivity index (χ0v) is 15.0. The monoisotopic (exact) mass is 308 g/mol. The molecule has 1 aromatic rings. The van der Waals surface area contributed by atoms with Crippen molar-refractivity contribution in [1.82, 2.24) is 0 Å². The Balaban J connectivity index is 1.77. The number of rotatable bonds is 6. The average Bonchev–Trinajstić information content (AvgIpc) is 2.61. The molecule has 0 aromatic heterocycles. The number of unbranched alkanes of at least 4 members (excludes halogenated alkanes) is 2. The summed E-state index contributed by atoms with van der Waals surface area (Å²) in [5.41, 5.74) is 2.57. The van der Waals surface area contributed by atoms with Gasteiger partial charge in [-0.15, -0.1) is 0 Å². The van der Waals surface area contributed by atoms with E-state index in [1.165, 1.54) is 63.4 Å². The van der Waals surface area contributed by atoms with Crippen molar-refractivity contribution in [3.63, 3.8) is 0 Å². The van der Waals surface area contributed by atoms with Gasteiger partial charge in [0.15, 0.2) is 0 Å². The summed E-state index contributed by atoms with van der Waals surface area (Å²) in [7, 11) is 0. The van der Waals surface area contributed by atoms with Crippen molar-refractivity contribution in [3.05, 3.63) is 47.5 Å². The first-order valence-corrected chi connectivity index (χ1v) is 9.59.